The Labute approximate surface area is 91.1 Å². The fourth-order valence-electron chi connectivity index (χ4n) is 1.99. The second-order valence-corrected chi connectivity index (χ2v) is 3.87. The minimum atomic E-state index is -0.270. The maximum absolute atomic E-state index is 5.85. The summed E-state index contributed by atoms with van der Waals surface area (Å²) in [5.74, 6) is 0. The molecule has 1 nitrogen and oxygen atoms in total. The molecular weight excluding hydrogens is 184 g/mol. The molecule has 0 radical (unpaired) electrons. The van der Waals surface area contributed by atoms with Gasteiger partial charge >= 0.3 is 0 Å². The number of ether oxygens (including phenoxy) is 1. The van der Waals surface area contributed by atoms with Gasteiger partial charge in [-0.05, 0) is 25.0 Å². The largest absolute Gasteiger partial charge is 0.362 e. The highest BCUT2D eigenvalue weighted by Gasteiger charge is 2.33. The average Bonchev–Trinajstić information content (AvgIpc) is 2.64. The Kier molecular flexibility index (Phi) is 2.74. The molecule has 0 bridgehead atoms. The molecule has 1 aliphatic rings. The van der Waals surface area contributed by atoms with Gasteiger partial charge < -0.3 is 4.74 Å². The van der Waals surface area contributed by atoms with Crippen LogP contribution in [-0.2, 0) is 10.3 Å². The van der Waals surface area contributed by atoms with Crippen LogP contribution in [0.3, 0.4) is 0 Å². The molecule has 0 saturated carbocycles. The normalized spacial score (nSPS) is 25.9. The first kappa shape index (κ1) is 10.2. The number of allylic oxidation sites excluding steroid dienone is 1. The van der Waals surface area contributed by atoms with Crippen LogP contribution in [-0.4, -0.2) is 6.61 Å². The van der Waals surface area contributed by atoms with E-state index in [0.717, 1.165) is 0 Å². The van der Waals surface area contributed by atoms with Gasteiger partial charge in [0.25, 0.3) is 0 Å². The van der Waals surface area contributed by atoms with E-state index in [2.05, 4.69) is 49.4 Å². The number of benzene rings is 1. The molecule has 0 spiro atoms. The summed E-state index contributed by atoms with van der Waals surface area (Å²) >= 11 is 0. The van der Waals surface area contributed by atoms with Gasteiger partial charge in [0.1, 0.15) is 5.60 Å². The molecule has 0 fully saturated rings. The Morgan fingerprint density at radius 1 is 1.27 bits per heavy atom. The van der Waals surface area contributed by atoms with Gasteiger partial charge in [-0.15, -0.1) is 0 Å². The minimum Gasteiger partial charge on any atom is -0.362 e. The third-order valence-electron chi connectivity index (χ3n) is 2.90. The molecule has 1 aromatic rings. The highest BCUT2D eigenvalue weighted by atomic mass is 16.5. The molecule has 1 atom stereocenters. The van der Waals surface area contributed by atoms with Crippen molar-refractivity contribution >= 4 is 0 Å². The van der Waals surface area contributed by atoms with Crippen molar-refractivity contribution in [2.75, 3.05) is 6.61 Å². The number of rotatable bonds is 2. The van der Waals surface area contributed by atoms with Crippen molar-refractivity contribution in [2.45, 2.75) is 19.4 Å². The highest BCUT2D eigenvalue weighted by Crippen LogP contribution is 2.37. The first-order valence-electron chi connectivity index (χ1n) is 5.30. The lowest BCUT2D eigenvalue weighted by atomic mass is 9.88. The monoisotopic (exact) mass is 200 g/mol. The Morgan fingerprint density at radius 2 is 2.00 bits per heavy atom. The van der Waals surface area contributed by atoms with E-state index in [9.17, 15) is 0 Å². The van der Waals surface area contributed by atoms with Crippen molar-refractivity contribution in [2.24, 2.45) is 0 Å². The van der Waals surface area contributed by atoms with Gasteiger partial charge in [-0.25, -0.2) is 0 Å². The SMILES string of the molecule is C/C=C/C1=CCOC1(C)c1ccccc1. The molecule has 1 unspecified atom stereocenters. The molecule has 1 heteroatoms. The molecule has 0 amide bonds. The van der Waals surface area contributed by atoms with E-state index < -0.39 is 0 Å². The lowest BCUT2D eigenvalue weighted by Crippen LogP contribution is -2.23. The zero-order valence-corrected chi connectivity index (χ0v) is 9.23. The Bertz CT molecular complexity index is 389. The van der Waals surface area contributed by atoms with E-state index in [1.807, 2.05) is 13.0 Å². The minimum absolute atomic E-state index is 0.270. The summed E-state index contributed by atoms with van der Waals surface area (Å²) in [6, 6.07) is 10.4. The van der Waals surface area contributed by atoms with Crippen molar-refractivity contribution in [1.29, 1.82) is 0 Å². The molecule has 1 aliphatic heterocycles. The standard InChI is InChI=1S/C14H16O/c1-3-7-12-10-11-15-14(12,2)13-8-5-4-6-9-13/h3-10H,11H2,1-2H3/b7-3+. The Morgan fingerprint density at radius 3 is 2.67 bits per heavy atom. The van der Waals surface area contributed by atoms with E-state index in [1.165, 1.54) is 11.1 Å². The predicted molar refractivity (Wildman–Crippen MR) is 62.6 cm³/mol. The van der Waals surface area contributed by atoms with Gasteiger partial charge in [0, 0.05) is 0 Å². The molecule has 1 heterocycles. The summed E-state index contributed by atoms with van der Waals surface area (Å²) in [6.45, 7) is 4.86. The van der Waals surface area contributed by atoms with Crippen LogP contribution in [0.2, 0.25) is 0 Å². The second-order valence-electron chi connectivity index (χ2n) is 3.87. The van der Waals surface area contributed by atoms with Crippen LogP contribution in [0.15, 0.2) is 54.1 Å². The van der Waals surface area contributed by atoms with Crippen molar-refractivity contribution in [3.63, 3.8) is 0 Å². The number of hydrogen-bond donors (Lipinski definition) is 0. The van der Waals surface area contributed by atoms with Crippen molar-refractivity contribution in [3.05, 3.63) is 59.7 Å². The van der Waals surface area contributed by atoms with Gasteiger partial charge in [0.2, 0.25) is 0 Å². The fraction of sp³-hybridized carbons (Fsp3) is 0.286. The summed E-state index contributed by atoms with van der Waals surface area (Å²) in [5, 5.41) is 0. The van der Waals surface area contributed by atoms with Gasteiger partial charge in [-0.1, -0.05) is 48.6 Å². The molecule has 78 valence electrons. The maximum Gasteiger partial charge on any atom is 0.115 e. The maximum atomic E-state index is 5.85. The van der Waals surface area contributed by atoms with E-state index in [1.54, 1.807) is 0 Å². The summed E-state index contributed by atoms with van der Waals surface area (Å²) in [4.78, 5) is 0. The summed E-state index contributed by atoms with van der Waals surface area (Å²) in [7, 11) is 0. The summed E-state index contributed by atoms with van der Waals surface area (Å²) in [6.07, 6.45) is 6.33. The van der Waals surface area contributed by atoms with Crippen LogP contribution in [0.25, 0.3) is 0 Å². The summed E-state index contributed by atoms with van der Waals surface area (Å²) in [5.41, 5.74) is 2.19. The first-order chi connectivity index (χ1) is 7.27. The highest BCUT2D eigenvalue weighted by molar-refractivity contribution is 5.40. The van der Waals surface area contributed by atoms with Crippen LogP contribution in [0.5, 0.6) is 0 Å². The van der Waals surface area contributed by atoms with Crippen LogP contribution < -0.4 is 0 Å². The van der Waals surface area contributed by atoms with Gasteiger partial charge in [0.15, 0.2) is 0 Å². The second kappa shape index (κ2) is 4.03. The van der Waals surface area contributed by atoms with Crippen molar-refractivity contribution in [3.8, 4) is 0 Å². The zero-order chi connectivity index (χ0) is 10.7. The third-order valence-corrected chi connectivity index (χ3v) is 2.90. The van der Waals surface area contributed by atoms with Gasteiger partial charge in [-0.3, -0.25) is 0 Å². The topological polar surface area (TPSA) is 9.23 Å². The molecule has 1 aromatic carbocycles. The predicted octanol–water partition coefficient (Wildman–Crippen LogP) is 3.43. The van der Waals surface area contributed by atoms with Crippen LogP contribution in [0, 0.1) is 0 Å². The van der Waals surface area contributed by atoms with Gasteiger partial charge in [0.05, 0.1) is 6.61 Å². The van der Waals surface area contributed by atoms with E-state index in [0.29, 0.717) is 6.61 Å². The molecular formula is C14H16O. The lowest BCUT2D eigenvalue weighted by molar-refractivity contribution is 0.0334. The Hall–Kier alpha value is -1.34. The number of hydrogen-bond acceptors (Lipinski definition) is 1. The van der Waals surface area contributed by atoms with Crippen LogP contribution in [0.4, 0.5) is 0 Å². The summed E-state index contributed by atoms with van der Waals surface area (Å²) < 4.78 is 5.85. The molecule has 0 N–H and O–H groups in total. The zero-order valence-electron chi connectivity index (χ0n) is 9.23. The van der Waals surface area contributed by atoms with Crippen molar-refractivity contribution < 1.29 is 4.74 Å². The van der Waals surface area contributed by atoms with E-state index in [4.69, 9.17) is 4.74 Å². The van der Waals surface area contributed by atoms with Crippen molar-refractivity contribution in [1.82, 2.24) is 0 Å². The lowest BCUT2D eigenvalue weighted by Gasteiger charge is -2.26. The molecule has 15 heavy (non-hydrogen) atoms. The first-order valence-corrected chi connectivity index (χ1v) is 5.30. The van der Waals surface area contributed by atoms with Crippen LogP contribution >= 0.6 is 0 Å². The smallest absolute Gasteiger partial charge is 0.115 e. The van der Waals surface area contributed by atoms with E-state index >= 15 is 0 Å². The average molecular weight is 200 g/mol. The molecule has 2 rings (SSSR count). The fourth-order valence-corrected chi connectivity index (χ4v) is 1.99. The Balaban J connectivity index is 2.39. The molecule has 0 aliphatic carbocycles. The molecule has 0 aromatic heterocycles. The quantitative estimate of drug-likeness (QED) is 0.710. The molecule has 0 saturated heterocycles. The van der Waals surface area contributed by atoms with Gasteiger partial charge in [-0.2, -0.15) is 0 Å². The van der Waals surface area contributed by atoms with Crippen LogP contribution in [0.1, 0.15) is 19.4 Å². The third kappa shape index (κ3) is 1.75. The van der Waals surface area contributed by atoms with E-state index in [-0.39, 0.29) is 5.60 Å².